The fraction of sp³-hybridized carbons (Fsp3) is 0.556. The minimum atomic E-state index is -0.245. The van der Waals surface area contributed by atoms with Crippen LogP contribution in [-0.4, -0.2) is 42.0 Å². The summed E-state index contributed by atoms with van der Waals surface area (Å²) in [6, 6.07) is 5.19. The Hall–Kier alpha value is -2.03. The van der Waals surface area contributed by atoms with Gasteiger partial charge in [0.05, 0.1) is 19.2 Å². The molecule has 3 heterocycles. The number of methoxy groups -OCH3 is 1. The molecule has 2 aromatic rings. The second kappa shape index (κ2) is 7.30. The highest BCUT2D eigenvalue weighted by molar-refractivity contribution is 5.31. The Kier molecular flexibility index (Phi) is 4.88. The molecular weight excluding hydrogens is 337 g/mol. The van der Waals surface area contributed by atoms with Gasteiger partial charge in [-0.15, -0.1) is 0 Å². The fourth-order valence-electron chi connectivity index (χ4n) is 4.12. The van der Waals surface area contributed by atoms with Crippen LogP contribution >= 0.6 is 0 Å². The maximum absolute atomic E-state index is 14.5. The second-order valence-electron chi connectivity index (χ2n) is 7.04. The lowest BCUT2D eigenvalue weighted by Gasteiger charge is -2.28. The van der Waals surface area contributed by atoms with Crippen molar-refractivity contribution in [3.63, 3.8) is 0 Å². The Bertz CT molecular complexity index is 768. The molecule has 140 valence electrons. The predicted octanol–water partition coefficient (Wildman–Crippen LogP) is 2.13. The van der Waals surface area contributed by atoms with Crippen LogP contribution in [0.25, 0.3) is 0 Å². The highest BCUT2D eigenvalue weighted by Gasteiger charge is 2.36. The first-order valence-electron chi connectivity index (χ1n) is 9.02. The number of aromatic nitrogens is 2. The van der Waals surface area contributed by atoms with Crippen LogP contribution < -0.4 is 15.6 Å². The van der Waals surface area contributed by atoms with E-state index in [2.05, 4.69) is 26.1 Å². The highest BCUT2D eigenvalue weighted by Crippen LogP contribution is 2.36. The normalized spacial score (nSPS) is 26.5. The van der Waals surface area contributed by atoms with Gasteiger partial charge in [-0.1, -0.05) is 16.4 Å². The minimum absolute atomic E-state index is 0.0845. The Labute approximate surface area is 151 Å². The summed E-state index contributed by atoms with van der Waals surface area (Å²) < 4.78 is 24.5. The van der Waals surface area contributed by atoms with Crippen molar-refractivity contribution in [2.75, 3.05) is 26.7 Å². The maximum atomic E-state index is 14.5. The largest absolute Gasteiger partial charge is 0.497 e. The molecule has 0 spiro atoms. The Balaban J connectivity index is 1.51. The van der Waals surface area contributed by atoms with Crippen LogP contribution in [0.2, 0.25) is 0 Å². The molecule has 3 unspecified atom stereocenters. The van der Waals surface area contributed by atoms with E-state index in [1.54, 1.807) is 19.2 Å². The van der Waals surface area contributed by atoms with Crippen LogP contribution in [-0.2, 0) is 0 Å². The summed E-state index contributed by atoms with van der Waals surface area (Å²) >= 11 is 0. The smallest absolute Gasteiger partial charge is 0.131 e. The molecular formula is C18H24FN5O2. The Morgan fingerprint density at radius 3 is 3.00 bits per heavy atom. The number of nitrogens with zero attached hydrogens (tertiary/aromatic N) is 3. The molecule has 8 heteroatoms. The van der Waals surface area contributed by atoms with Crippen molar-refractivity contribution in [1.82, 2.24) is 26.1 Å². The fourth-order valence-corrected chi connectivity index (χ4v) is 4.12. The molecule has 0 bridgehead atoms. The van der Waals surface area contributed by atoms with Crippen molar-refractivity contribution in [2.45, 2.75) is 31.8 Å². The Morgan fingerprint density at radius 1 is 1.38 bits per heavy atom. The molecule has 2 aliphatic rings. The van der Waals surface area contributed by atoms with Crippen molar-refractivity contribution in [2.24, 2.45) is 5.92 Å². The first-order chi connectivity index (χ1) is 12.7. The molecule has 1 aromatic heterocycles. The van der Waals surface area contributed by atoms with E-state index < -0.39 is 0 Å². The van der Waals surface area contributed by atoms with Crippen LogP contribution in [0, 0.1) is 18.7 Å². The number of benzene rings is 1. The zero-order chi connectivity index (χ0) is 18.1. The van der Waals surface area contributed by atoms with E-state index in [4.69, 9.17) is 9.37 Å². The number of aryl methyl sites for hydroxylation is 1. The molecule has 2 aliphatic heterocycles. The van der Waals surface area contributed by atoms with Gasteiger partial charge in [-0.25, -0.2) is 14.4 Å². The summed E-state index contributed by atoms with van der Waals surface area (Å²) in [5, 5.41) is 8.02. The lowest BCUT2D eigenvalue weighted by molar-refractivity contribution is 0.200. The molecule has 4 rings (SSSR count). The summed E-state index contributed by atoms with van der Waals surface area (Å²) in [5.41, 5.74) is 8.86. The van der Waals surface area contributed by atoms with Gasteiger partial charge in [0.1, 0.15) is 23.0 Å². The molecule has 26 heavy (non-hydrogen) atoms. The van der Waals surface area contributed by atoms with E-state index in [0.29, 0.717) is 11.3 Å². The number of hydrazine groups is 1. The second-order valence-corrected chi connectivity index (χ2v) is 7.04. The van der Waals surface area contributed by atoms with Crippen molar-refractivity contribution in [3.8, 4) is 5.75 Å². The lowest BCUT2D eigenvalue weighted by atomic mass is 9.93. The molecule has 2 fully saturated rings. The van der Waals surface area contributed by atoms with Gasteiger partial charge in [0.2, 0.25) is 0 Å². The first-order valence-corrected chi connectivity index (χ1v) is 9.02. The summed E-state index contributed by atoms with van der Waals surface area (Å²) in [6.45, 7) is 4.57. The monoisotopic (exact) mass is 361 g/mol. The van der Waals surface area contributed by atoms with Gasteiger partial charge in [0, 0.05) is 30.6 Å². The van der Waals surface area contributed by atoms with Crippen LogP contribution in [0.5, 0.6) is 5.75 Å². The minimum Gasteiger partial charge on any atom is -0.497 e. The molecule has 2 saturated heterocycles. The third-order valence-corrected chi connectivity index (χ3v) is 5.47. The van der Waals surface area contributed by atoms with Gasteiger partial charge in [-0.2, -0.15) is 0 Å². The van der Waals surface area contributed by atoms with Gasteiger partial charge in [-0.3, -0.25) is 10.3 Å². The van der Waals surface area contributed by atoms with E-state index in [1.807, 2.05) is 6.92 Å². The van der Waals surface area contributed by atoms with Gasteiger partial charge in [0.25, 0.3) is 0 Å². The molecule has 1 aromatic carbocycles. The average molecular weight is 361 g/mol. The maximum Gasteiger partial charge on any atom is 0.131 e. The van der Waals surface area contributed by atoms with Crippen LogP contribution in [0.3, 0.4) is 0 Å². The van der Waals surface area contributed by atoms with E-state index in [0.717, 1.165) is 43.9 Å². The van der Waals surface area contributed by atoms with Gasteiger partial charge >= 0.3 is 0 Å². The van der Waals surface area contributed by atoms with Gasteiger partial charge in [-0.05, 0) is 32.4 Å². The summed E-state index contributed by atoms with van der Waals surface area (Å²) in [7, 11) is 1.54. The number of ether oxygens (including phenoxy) is 1. The standard InChI is InChI=1S/C18H24FN5O2/c1-11-17(23-26-22-11)16-4-3-7-24(16)10-12-9-20-21-18(12)14-6-5-13(25-2)8-15(14)19/h5-6,8,12,16,18,20-21H,3-4,7,9-10H2,1-2H3. The Morgan fingerprint density at radius 2 is 2.27 bits per heavy atom. The van der Waals surface area contributed by atoms with Crippen LogP contribution in [0.4, 0.5) is 4.39 Å². The number of nitrogens with one attached hydrogen (secondary N) is 2. The predicted molar refractivity (Wildman–Crippen MR) is 92.9 cm³/mol. The van der Waals surface area contributed by atoms with Crippen molar-refractivity contribution in [1.29, 1.82) is 0 Å². The lowest BCUT2D eigenvalue weighted by Crippen LogP contribution is -2.33. The molecule has 0 amide bonds. The first kappa shape index (κ1) is 17.4. The molecule has 0 saturated carbocycles. The quantitative estimate of drug-likeness (QED) is 0.845. The highest BCUT2D eigenvalue weighted by atomic mass is 19.1. The van der Waals surface area contributed by atoms with Crippen molar-refractivity contribution < 1.29 is 13.8 Å². The topological polar surface area (TPSA) is 75.5 Å². The van der Waals surface area contributed by atoms with Crippen molar-refractivity contribution in [3.05, 3.63) is 41.0 Å². The summed E-state index contributed by atoms with van der Waals surface area (Å²) in [5.74, 6) is 0.533. The number of hydrogen-bond acceptors (Lipinski definition) is 7. The zero-order valence-electron chi connectivity index (χ0n) is 15.0. The summed E-state index contributed by atoms with van der Waals surface area (Å²) in [6.07, 6.45) is 2.16. The molecule has 3 atom stereocenters. The van der Waals surface area contributed by atoms with E-state index in [-0.39, 0.29) is 23.8 Å². The molecule has 2 N–H and O–H groups in total. The number of likely N-dealkylation sites (tertiary alicyclic amines) is 1. The number of rotatable bonds is 5. The molecule has 7 nitrogen and oxygen atoms in total. The van der Waals surface area contributed by atoms with Crippen molar-refractivity contribution >= 4 is 0 Å². The third kappa shape index (κ3) is 3.20. The molecule has 0 aliphatic carbocycles. The third-order valence-electron chi connectivity index (χ3n) is 5.47. The molecule has 0 radical (unpaired) electrons. The van der Waals surface area contributed by atoms with E-state index >= 15 is 0 Å². The number of halogens is 1. The zero-order valence-corrected chi connectivity index (χ0v) is 15.0. The summed E-state index contributed by atoms with van der Waals surface area (Å²) in [4.78, 5) is 2.42. The SMILES string of the molecule is COc1ccc(C2NNCC2CN2CCCC2c2nonc2C)c(F)c1. The van der Waals surface area contributed by atoms with Gasteiger partial charge in [0.15, 0.2) is 0 Å². The van der Waals surface area contributed by atoms with Crippen LogP contribution in [0.1, 0.15) is 41.9 Å². The average Bonchev–Trinajstić information content (AvgIpc) is 3.36. The van der Waals surface area contributed by atoms with Gasteiger partial charge < -0.3 is 4.74 Å². The van der Waals surface area contributed by atoms with Crippen LogP contribution in [0.15, 0.2) is 22.8 Å². The van der Waals surface area contributed by atoms with E-state index in [9.17, 15) is 4.39 Å². The van der Waals surface area contributed by atoms with E-state index in [1.165, 1.54) is 6.07 Å². The number of hydrogen-bond donors (Lipinski definition) is 2.